The minimum Gasteiger partial charge on any atom is -0.444 e. The van der Waals surface area contributed by atoms with Gasteiger partial charge in [-0.05, 0) is 34.8 Å². The van der Waals surface area contributed by atoms with Crippen LogP contribution in [-0.4, -0.2) is 128 Å². The third-order valence-electron chi connectivity index (χ3n) is 10.1. The van der Waals surface area contributed by atoms with E-state index in [0.29, 0.717) is 19.5 Å². The van der Waals surface area contributed by atoms with Crippen LogP contribution in [0.5, 0.6) is 0 Å². The Morgan fingerprint density at radius 2 is 1.68 bits per heavy atom. The number of urea groups is 1. The zero-order valence-electron chi connectivity index (χ0n) is 34.3. The molecule has 57 heavy (non-hydrogen) atoms. The Morgan fingerprint density at radius 1 is 1.04 bits per heavy atom. The highest BCUT2D eigenvalue weighted by molar-refractivity contribution is 7.88. The smallest absolute Gasteiger partial charge is 0.410 e. The maximum Gasteiger partial charge on any atom is 0.410 e. The first kappa shape index (κ1) is 46.4. The van der Waals surface area contributed by atoms with Gasteiger partial charge >= 0.3 is 12.1 Å². The Kier molecular flexibility index (Phi) is 15.9. The minimum atomic E-state index is -3.58. The molecule has 314 valence electrons. The van der Waals surface area contributed by atoms with Gasteiger partial charge in [0.1, 0.15) is 18.2 Å². The molecule has 1 fully saturated rings. The molecule has 1 aromatic rings. The average molecular weight is 814 g/mol. The molecule has 0 saturated carbocycles. The summed E-state index contributed by atoms with van der Waals surface area (Å²) in [6.07, 6.45) is 6.81. The standard InChI is InChI=1S/C40H59N7O9S/c1-11-13-18-29(32(48)35(50)41-20-12-2)42-34(49)30-22-28(56-38(53)46-21-19-26-16-14-15-17-27(26)23-46)24-47(30)36(51)33(40(6,7)8)44-37(52)43-31(39(3,4)5)25-45(9)57(10,54)55/h1,12,14-17,28-31,33H,2,13,18-25H2,3-10H3,(H,41,50)(H,42,49)(H2,43,44,52)/t28-,29?,30?,31-,33-/m1/s1. The number of hydrogen-bond acceptors (Lipinski definition) is 9. The number of benzene rings is 1. The van der Waals surface area contributed by atoms with Crippen molar-refractivity contribution in [1.29, 1.82) is 0 Å². The summed E-state index contributed by atoms with van der Waals surface area (Å²) in [6, 6.07) is 2.49. The zero-order chi connectivity index (χ0) is 42.9. The Hall–Kier alpha value is -4.95. The molecule has 2 heterocycles. The molecule has 6 amide bonds. The number of amides is 6. The van der Waals surface area contributed by atoms with Crippen LogP contribution >= 0.6 is 0 Å². The summed E-state index contributed by atoms with van der Waals surface area (Å²) < 4.78 is 31.5. The first-order valence-electron chi connectivity index (χ1n) is 19.0. The van der Waals surface area contributed by atoms with Crippen molar-refractivity contribution in [1.82, 2.24) is 35.4 Å². The number of carbonyl (C=O) groups is 6. The molecule has 5 atom stereocenters. The predicted octanol–water partition coefficient (Wildman–Crippen LogP) is 1.94. The second kappa shape index (κ2) is 19.5. The fourth-order valence-corrected chi connectivity index (χ4v) is 6.91. The van der Waals surface area contributed by atoms with Crippen molar-refractivity contribution in [3.05, 3.63) is 48.0 Å². The Balaban J connectivity index is 1.92. The van der Waals surface area contributed by atoms with Crippen LogP contribution in [0.3, 0.4) is 0 Å². The Morgan fingerprint density at radius 3 is 2.26 bits per heavy atom. The predicted molar refractivity (Wildman–Crippen MR) is 215 cm³/mol. The maximum atomic E-state index is 14.6. The quantitative estimate of drug-likeness (QED) is 0.116. The number of terminal acetylenes is 1. The van der Waals surface area contributed by atoms with Gasteiger partial charge in [-0.1, -0.05) is 71.9 Å². The summed E-state index contributed by atoms with van der Waals surface area (Å²) in [6.45, 7) is 14.7. The molecular formula is C40H59N7O9S. The number of nitrogens with zero attached hydrogens (tertiary/aromatic N) is 3. The first-order valence-corrected chi connectivity index (χ1v) is 20.8. The molecule has 17 heteroatoms. The van der Waals surface area contributed by atoms with Crippen molar-refractivity contribution in [2.24, 2.45) is 10.8 Å². The summed E-state index contributed by atoms with van der Waals surface area (Å²) in [5.41, 5.74) is 0.582. The largest absolute Gasteiger partial charge is 0.444 e. The lowest BCUT2D eigenvalue weighted by atomic mass is 9.85. The van der Waals surface area contributed by atoms with E-state index in [4.69, 9.17) is 11.2 Å². The number of likely N-dealkylation sites (N-methyl/N-ethyl adjacent to an activating group) is 1. The van der Waals surface area contributed by atoms with E-state index < -0.39 is 86.8 Å². The molecule has 1 aromatic carbocycles. The van der Waals surface area contributed by atoms with E-state index in [9.17, 15) is 37.2 Å². The van der Waals surface area contributed by atoms with Crippen molar-refractivity contribution in [2.75, 3.05) is 39.5 Å². The third-order valence-corrected chi connectivity index (χ3v) is 11.4. The summed E-state index contributed by atoms with van der Waals surface area (Å²) in [5, 5.41) is 10.6. The van der Waals surface area contributed by atoms with Crippen LogP contribution in [-0.2, 0) is 46.9 Å². The molecule has 2 aliphatic heterocycles. The second-order valence-electron chi connectivity index (χ2n) is 16.7. The van der Waals surface area contributed by atoms with Gasteiger partial charge in [0.25, 0.3) is 5.91 Å². The lowest BCUT2D eigenvalue weighted by molar-refractivity contribution is -0.143. The Bertz CT molecular complexity index is 1830. The van der Waals surface area contributed by atoms with Crippen molar-refractivity contribution < 1.29 is 41.9 Å². The topological polar surface area (TPSA) is 204 Å². The van der Waals surface area contributed by atoms with E-state index in [2.05, 4.69) is 33.8 Å². The van der Waals surface area contributed by atoms with Crippen molar-refractivity contribution >= 4 is 45.7 Å². The third kappa shape index (κ3) is 13.0. The lowest BCUT2D eigenvalue weighted by Gasteiger charge is -2.37. The average Bonchev–Trinajstić information content (AvgIpc) is 3.55. The van der Waals surface area contributed by atoms with Gasteiger partial charge in [0.05, 0.1) is 18.8 Å². The molecule has 4 N–H and O–H groups in total. The number of likely N-dealkylation sites (tertiary alicyclic amines) is 1. The van der Waals surface area contributed by atoms with Crippen LogP contribution in [0.4, 0.5) is 9.59 Å². The number of nitrogens with one attached hydrogen (secondary N) is 4. The fraction of sp³-hybridized carbons (Fsp3) is 0.600. The van der Waals surface area contributed by atoms with E-state index in [0.717, 1.165) is 21.7 Å². The molecule has 0 aromatic heterocycles. The molecule has 3 rings (SSSR count). The van der Waals surface area contributed by atoms with E-state index in [1.807, 2.05) is 45.0 Å². The first-order chi connectivity index (χ1) is 26.5. The highest BCUT2D eigenvalue weighted by atomic mass is 32.2. The summed E-state index contributed by atoms with van der Waals surface area (Å²) in [7, 11) is -2.17. The molecule has 16 nitrogen and oxygen atoms in total. The number of ketones is 1. The lowest BCUT2D eigenvalue weighted by Crippen LogP contribution is -2.62. The van der Waals surface area contributed by atoms with Gasteiger partial charge in [0.15, 0.2) is 0 Å². The van der Waals surface area contributed by atoms with Gasteiger partial charge in [-0.15, -0.1) is 18.9 Å². The van der Waals surface area contributed by atoms with Crippen LogP contribution in [0.25, 0.3) is 0 Å². The highest BCUT2D eigenvalue weighted by Gasteiger charge is 2.47. The second-order valence-corrected chi connectivity index (χ2v) is 18.8. The number of carbonyl (C=O) groups excluding carboxylic acids is 6. The van der Waals surface area contributed by atoms with Crippen LogP contribution in [0, 0.1) is 23.2 Å². The van der Waals surface area contributed by atoms with E-state index in [-0.39, 0.29) is 38.9 Å². The van der Waals surface area contributed by atoms with Crippen LogP contribution in [0.15, 0.2) is 36.9 Å². The molecular weight excluding hydrogens is 755 g/mol. The van der Waals surface area contributed by atoms with Crippen LogP contribution in [0.1, 0.15) is 71.9 Å². The van der Waals surface area contributed by atoms with Gasteiger partial charge < -0.3 is 35.8 Å². The molecule has 0 bridgehead atoms. The van der Waals surface area contributed by atoms with Crippen molar-refractivity contribution in [3.63, 3.8) is 0 Å². The van der Waals surface area contributed by atoms with Gasteiger partial charge in [-0.25, -0.2) is 22.3 Å². The SMILES string of the molecule is C#CCCC(NC(=O)C1C[C@@H](OC(=O)N2CCc3ccccc3C2)CN1C(=O)[C@@H](NC(=O)N[C@H](CN(C)S(C)(=O)=O)C(C)(C)C)C(C)(C)C)C(=O)C(=O)NCC=C. The monoisotopic (exact) mass is 813 g/mol. The fourth-order valence-electron chi connectivity index (χ4n) is 6.49. The van der Waals surface area contributed by atoms with E-state index >= 15 is 0 Å². The number of sulfonamides is 1. The summed E-state index contributed by atoms with van der Waals surface area (Å²) in [4.78, 5) is 84.4. The van der Waals surface area contributed by atoms with E-state index in [1.54, 1.807) is 25.7 Å². The molecule has 0 aliphatic carbocycles. The van der Waals surface area contributed by atoms with Gasteiger partial charge in [-0.3, -0.25) is 19.2 Å². The molecule has 0 radical (unpaired) electrons. The molecule has 1 saturated heterocycles. The minimum absolute atomic E-state index is 0.0145. The zero-order valence-corrected chi connectivity index (χ0v) is 35.2. The molecule has 0 spiro atoms. The van der Waals surface area contributed by atoms with Crippen LogP contribution < -0.4 is 21.3 Å². The molecule has 2 unspecified atom stereocenters. The highest BCUT2D eigenvalue weighted by Crippen LogP contribution is 2.29. The van der Waals surface area contributed by atoms with Gasteiger partial charge in [0, 0.05) is 52.1 Å². The van der Waals surface area contributed by atoms with Crippen LogP contribution in [0.2, 0.25) is 0 Å². The molecule has 2 aliphatic rings. The number of ether oxygens (including phenoxy) is 1. The van der Waals surface area contributed by atoms with Crippen molar-refractivity contribution in [2.45, 2.75) is 104 Å². The number of Topliss-reactive ketones (excluding diaryl/α,β-unsaturated/α-hetero) is 1. The van der Waals surface area contributed by atoms with Crippen molar-refractivity contribution in [3.8, 4) is 12.3 Å². The summed E-state index contributed by atoms with van der Waals surface area (Å²) in [5.74, 6) is -0.939. The number of rotatable bonds is 15. The van der Waals surface area contributed by atoms with E-state index in [1.165, 1.54) is 18.0 Å². The normalized spacial score (nSPS) is 18.6. The Labute approximate surface area is 336 Å². The van der Waals surface area contributed by atoms with Gasteiger partial charge in [0.2, 0.25) is 27.6 Å². The maximum absolute atomic E-state index is 14.6. The summed E-state index contributed by atoms with van der Waals surface area (Å²) >= 11 is 0. The number of hydrogen-bond donors (Lipinski definition) is 4. The van der Waals surface area contributed by atoms with Gasteiger partial charge in [-0.2, -0.15) is 0 Å². The number of fused-ring (bicyclic) bond motifs is 1.